The molecule has 2 rings (SSSR count). The molecule has 0 saturated carbocycles. The van der Waals surface area contributed by atoms with Crippen LogP contribution in [0.1, 0.15) is 5.56 Å². The molecule has 0 fully saturated rings. The van der Waals surface area contributed by atoms with Crippen molar-refractivity contribution < 1.29 is 17.9 Å². The molecule has 22 heavy (non-hydrogen) atoms. The summed E-state index contributed by atoms with van der Waals surface area (Å²) in [6, 6.07) is 6.09. The number of alkyl halides is 3. The van der Waals surface area contributed by atoms with Crippen LogP contribution in [0.15, 0.2) is 35.5 Å². The minimum atomic E-state index is -4.36. The monoisotopic (exact) mass is 329 g/mol. The van der Waals surface area contributed by atoms with E-state index in [0.717, 1.165) is 12.1 Å². The summed E-state index contributed by atoms with van der Waals surface area (Å²) in [6.07, 6.45) is -2.53. The van der Waals surface area contributed by atoms with Gasteiger partial charge in [-0.05, 0) is 30.5 Å². The minimum Gasteiger partial charge on any atom is -0.439 e. The van der Waals surface area contributed by atoms with Crippen molar-refractivity contribution in [3.05, 3.63) is 35.9 Å². The van der Waals surface area contributed by atoms with Crippen LogP contribution < -0.4 is 9.64 Å². The van der Waals surface area contributed by atoms with Gasteiger partial charge in [0.2, 0.25) is 5.88 Å². The van der Waals surface area contributed by atoms with Gasteiger partial charge < -0.3 is 9.64 Å². The number of rotatable bonds is 4. The van der Waals surface area contributed by atoms with Crippen LogP contribution in [0.2, 0.25) is 0 Å². The third kappa shape index (κ3) is 4.03. The molecule has 0 saturated heterocycles. The molecule has 0 amide bonds. The van der Waals surface area contributed by atoms with Crippen LogP contribution in [0.5, 0.6) is 11.6 Å². The fraction of sp³-hybridized carbons (Fsp3) is 0.286. The topological polar surface area (TPSA) is 38.2 Å². The molecule has 0 aliphatic heterocycles. The van der Waals surface area contributed by atoms with Crippen LogP contribution in [0.3, 0.4) is 0 Å². The van der Waals surface area contributed by atoms with Crippen molar-refractivity contribution in [3.8, 4) is 11.6 Å². The Bertz CT molecular complexity index is 645. The SMILES string of the molecule is CSc1nc(Oc2ccc(C(F)(F)F)cc2)cc(N(C)C)n1. The number of thioether (sulfide) groups is 1. The third-order valence-corrected chi connectivity index (χ3v) is 3.26. The van der Waals surface area contributed by atoms with Crippen molar-refractivity contribution >= 4 is 17.6 Å². The van der Waals surface area contributed by atoms with Gasteiger partial charge in [0.1, 0.15) is 11.6 Å². The van der Waals surface area contributed by atoms with E-state index in [1.54, 1.807) is 11.0 Å². The lowest BCUT2D eigenvalue weighted by atomic mass is 10.2. The molecular formula is C14H14F3N3OS. The van der Waals surface area contributed by atoms with Crippen LogP contribution in [-0.4, -0.2) is 30.3 Å². The van der Waals surface area contributed by atoms with Gasteiger partial charge in [-0.3, -0.25) is 0 Å². The van der Waals surface area contributed by atoms with Gasteiger partial charge >= 0.3 is 6.18 Å². The molecule has 4 nitrogen and oxygen atoms in total. The van der Waals surface area contributed by atoms with Gasteiger partial charge in [-0.15, -0.1) is 0 Å². The van der Waals surface area contributed by atoms with Crippen LogP contribution in [0.4, 0.5) is 19.0 Å². The van der Waals surface area contributed by atoms with Crippen molar-refractivity contribution in [1.82, 2.24) is 9.97 Å². The van der Waals surface area contributed by atoms with E-state index in [2.05, 4.69) is 9.97 Å². The Morgan fingerprint density at radius 1 is 1.09 bits per heavy atom. The number of hydrogen-bond acceptors (Lipinski definition) is 5. The van der Waals surface area contributed by atoms with Crippen molar-refractivity contribution in [1.29, 1.82) is 0 Å². The maximum absolute atomic E-state index is 12.5. The molecule has 0 aliphatic carbocycles. The van der Waals surface area contributed by atoms with Gasteiger partial charge in [0, 0.05) is 20.2 Å². The predicted molar refractivity (Wildman–Crippen MR) is 79.7 cm³/mol. The zero-order valence-electron chi connectivity index (χ0n) is 12.2. The average molecular weight is 329 g/mol. The third-order valence-electron chi connectivity index (χ3n) is 2.71. The molecule has 0 atom stereocenters. The van der Waals surface area contributed by atoms with Crippen molar-refractivity contribution in [2.45, 2.75) is 11.3 Å². The molecule has 118 valence electrons. The van der Waals surface area contributed by atoms with E-state index >= 15 is 0 Å². The first-order chi connectivity index (χ1) is 10.3. The normalized spacial score (nSPS) is 11.4. The lowest BCUT2D eigenvalue weighted by Gasteiger charge is -2.14. The zero-order valence-corrected chi connectivity index (χ0v) is 13.0. The summed E-state index contributed by atoms with van der Waals surface area (Å²) in [5, 5.41) is 0.521. The van der Waals surface area contributed by atoms with Gasteiger partial charge in [0.25, 0.3) is 0 Å². The van der Waals surface area contributed by atoms with E-state index in [4.69, 9.17) is 4.74 Å². The second-order valence-corrected chi connectivity index (χ2v) is 5.34. The molecule has 1 aromatic heterocycles. The fourth-order valence-corrected chi connectivity index (χ4v) is 1.96. The Hall–Kier alpha value is -1.96. The predicted octanol–water partition coefficient (Wildman–Crippen LogP) is 4.08. The van der Waals surface area contributed by atoms with E-state index in [1.165, 1.54) is 23.9 Å². The molecule has 0 unspecified atom stereocenters. The van der Waals surface area contributed by atoms with E-state index < -0.39 is 11.7 Å². The number of anilines is 1. The molecule has 8 heteroatoms. The number of nitrogens with zero attached hydrogens (tertiary/aromatic N) is 3. The summed E-state index contributed by atoms with van der Waals surface area (Å²) >= 11 is 1.35. The highest BCUT2D eigenvalue weighted by atomic mass is 32.2. The van der Waals surface area contributed by atoms with Gasteiger partial charge in [0.05, 0.1) is 5.56 Å². The number of hydrogen-bond donors (Lipinski definition) is 0. The molecule has 0 radical (unpaired) electrons. The van der Waals surface area contributed by atoms with Crippen LogP contribution in [0, 0.1) is 0 Å². The largest absolute Gasteiger partial charge is 0.439 e. The summed E-state index contributed by atoms with van der Waals surface area (Å²) < 4.78 is 43.1. The molecule has 0 aliphatic rings. The Morgan fingerprint density at radius 3 is 2.23 bits per heavy atom. The second-order valence-electron chi connectivity index (χ2n) is 4.57. The van der Waals surface area contributed by atoms with E-state index in [1.807, 2.05) is 20.4 Å². The van der Waals surface area contributed by atoms with Gasteiger partial charge in [0.15, 0.2) is 5.16 Å². The highest BCUT2D eigenvalue weighted by Crippen LogP contribution is 2.31. The summed E-state index contributed by atoms with van der Waals surface area (Å²) in [5.41, 5.74) is -0.721. The second kappa shape index (κ2) is 6.43. The highest BCUT2D eigenvalue weighted by molar-refractivity contribution is 7.98. The Balaban J connectivity index is 2.25. The lowest BCUT2D eigenvalue weighted by molar-refractivity contribution is -0.137. The van der Waals surface area contributed by atoms with Crippen LogP contribution >= 0.6 is 11.8 Å². The lowest BCUT2D eigenvalue weighted by Crippen LogP contribution is -2.11. The number of ether oxygens (including phenoxy) is 1. The summed E-state index contributed by atoms with van der Waals surface area (Å²) in [7, 11) is 3.66. The molecular weight excluding hydrogens is 315 g/mol. The molecule has 0 spiro atoms. The van der Waals surface area contributed by atoms with Crippen LogP contribution in [0.25, 0.3) is 0 Å². The Morgan fingerprint density at radius 2 is 1.73 bits per heavy atom. The summed E-state index contributed by atoms with van der Waals surface area (Å²) in [6.45, 7) is 0. The first-order valence-corrected chi connectivity index (χ1v) is 7.47. The number of aromatic nitrogens is 2. The Kier molecular flexibility index (Phi) is 4.80. The molecule has 0 N–H and O–H groups in total. The van der Waals surface area contributed by atoms with Gasteiger partial charge in [-0.2, -0.15) is 18.2 Å². The molecule has 2 aromatic rings. The highest BCUT2D eigenvalue weighted by Gasteiger charge is 2.30. The van der Waals surface area contributed by atoms with Gasteiger partial charge in [-0.1, -0.05) is 11.8 Å². The fourth-order valence-electron chi connectivity index (χ4n) is 1.60. The van der Waals surface area contributed by atoms with Crippen LogP contribution in [-0.2, 0) is 6.18 Å². The number of halogens is 3. The minimum absolute atomic E-state index is 0.280. The quantitative estimate of drug-likeness (QED) is 0.624. The standard InChI is InChI=1S/C14H14F3N3OS/c1-20(2)11-8-12(19-13(18-11)22-3)21-10-6-4-9(5-7-10)14(15,16)17/h4-8H,1-3H3. The van der Waals surface area contributed by atoms with Crippen molar-refractivity contribution in [2.75, 3.05) is 25.3 Å². The molecule has 0 bridgehead atoms. The zero-order chi connectivity index (χ0) is 16.3. The maximum atomic E-state index is 12.5. The summed E-state index contributed by atoms with van der Waals surface area (Å²) in [4.78, 5) is 10.3. The summed E-state index contributed by atoms with van der Waals surface area (Å²) in [5.74, 6) is 1.22. The smallest absolute Gasteiger partial charge is 0.416 e. The number of benzene rings is 1. The first-order valence-electron chi connectivity index (χ1n) is 6.25. The van der Waals surface area contributed by atoms with E-state index in [9.17, 15) is 13.2 Å². The first kappa shape index (κ1) is 16.4. The van der Waals surface area contributed by atoms with Crippen molar-refractivity contribution in [3.63, 3.8) is 0 Å². The maximum Gasteiger partial charge on any atom is 0.416 e. The average Bonchev–Trinajstić information content (AvgIpc) is 2.46. The Labute approximate surface area is 130 Å². The van der Waals surface area contributed by atoms with Gasteiger partial charge in [-0.25, -0.2) is 4.98 Å². The molecule has 1 heterocycles. The molecule has 1 aromatic carbocycles. The van der Waals surface area contributed by atoms with E-state index in [-0.39, 0.29) is 11.6 Å². The van der Waals surface area contributed by atoms with Crippen molar-refractivity contribution in [2.24, 2.45) is 0 Å². The van der Waals surface area contributed by atoms with E-state index in [0.29, 0.717) is 11.0 Å².